The van der Waals surface area contributed by atoms with Crippen LogP contribution in [0, 0.1) is 0 Å². The highest BCUT2D eigenvalue weighted by atomic mass is 35.5. The molecule has 2 unspecified atom stereocenters. The maximum Gasteiger partial charge on any atom is 0.259 e. The number of nitrogens with zero attached hydrogens (tertiary/aromatic N) is 2. The van der Waals surface area contributed by atoms with Gasteiger partial charge in [-0.2, -0.15) is 0 Å². The Hall–Kier alpha value is -2.39. The normalized spacial score (nSPS) is 18.0. The van der Waals surface area contributed by atoms with Gasteiger partial charge in [-0.1, -0.05) is 29.8 Å². The molecule has 2 aromatic carbocycles. The highest BCUT2D eigenvalue weighted by molar-refractivity contribution is 7.89. The van der Waals surface area contributed by atoms with Gasteiger partial charge in [0.15, 0.2) is 5.03 Å². The van der Waals surface area contributed by atoms with Gasteiger partial charge in [0.1, 0.15) is 12.4 Å². The first-order valence-corrected chi connectivity index (χ1v) is 12.4. The van der Waals surface area contributed by atoms with Gasteiger partial charge < -0.3 is 14.6 Å². The van der Waals surface area contributed by atoms with Gasteiger partial charge in [0.25, 0.3) is 10.0 Å². The summed E-state index contributed by atoms with van der Waals surface area (Å²) in [5, 5.41) is 4.19. The van der Waals surface area contributed by atoms with Crippen molar-refractivity contribution in [1.82, 2.24) is 19.6 Å². The van der Waals surface area contributed by atoms with Crippen LogP contribution in [0.4, 0.5) is 0 Å². The average Bonchev–Trinajstić information content (AvgIpc) is 3.35. The molecule has 0 spiro atoms. The zero-order valence-electron chi connectivity index (χ0n) is 18.1. The topological polar surface area (TPSA) is 85.3 Å². The maximum atomic E-state index is 12.3. The molecule has 0 amide bonds. The van der Waals surface area contributed by atoms with Crippen molar-refractivity contribution in [3.8, 4) is 5.75 Å². The third-order valence-electron chi connectivity index (χ3n) is 5.78. The summed E-state index contributed by atoms with van der Waals surface area (Å²) < 4.78 is 34.5. The minimum Gasteiger partial charge on any atom is -0.492 e. The lowest BCUT2D eigenvalue weighted by Crippen LogP contribution is -2.30. The fourth-order valence-electron chi connectivity index (χ4n) is 4.21. The highest BCUT2D eigenvalue weighted by Gasteiger charge is 2.32. The van der Waals surface area contributed by atoms with Gasteiger partial charge in [-0.25, -0.2) is 18.1 Å². The molecule has 1 aliphatic rings. The Balaban J connectivity index is 1.40. The Morgan fingerprint density at radius 3 is 2.81 bits per heavy atom. The zero-order valence-corrected chi connectivity index (χ0v) is 19.7. The summed E-state index contributed by atoms with van der Waals surface area (Å²) in [5.74, 6) is 1.04. The van der Waals surface area contributed by atoms with E-state index in [9.17, 15) is 8.42 Å². The fraction of sp³-hybridized carbons (Fsp3) is 0.348. The summed E-state index contributed by atoms with van der Waals surface area (Å²) in [6, 6.07) is 14.4. The first-order chi connectivity index (χ1) is 15.4. The smallest absolute Gasteiger partial charge is 0.259 e. The number of benzene rings is 2. The molecule has 1 aromatic heterocycles. The number of aryl methyl sites for hydroxylation is 1. The van der Waals surface area contributed by atoms with E-state index < -0.39 is 10.0 Å². The van der Waals surface area contributed by atoms with Gasteiger partial charge in [-0.05, 0) is 60.8 Å². The number of aromatic nitrogens is 2. The van der Waals surface area contributed by atoms with Crippen LogP contribution in [-0.2, 0) is 29.9 Å². The molecule has 1 heterocycles. The lowest BCUT2D eigenvalue weighted by molar-refractivity contribution is 0.322. The third kappa shape index (κ3) is 5.15. The molecular weight excluding hydrogens is 448 g/mol. The van der Waals surface area contributed by atoms with Crippen LogP contribution in [0.2, 0.25) is 5.02 Å². The van der Waals surface area contributed by atoms with Crippen LogP contribution >= 0.6 is 11.6 Å². The van der Waals surface area contributed by atoms with Crippen molar-refractivity contribution >= 4 is 21.6 Å². The number of likely N-dealkylation sites (N-methyl/N-ethyl adjacent to an activating group) is 1. The van der Waals surface area contributed by atoms with E-state index in [2.05, 4.69) is 33.2 Å². The molecule has 0 radical (unpaired) electrons. The second-order valence-corrected chi connectivity index (χ2v) is 10.2. The monoisotopic (exact) mass is 474 g/mol. The molecule has 9 heteroatoms. The molecule has 0 saturated heterocycles. The van der Waals surface area contributed by atoms with Crippen LogP contribution in [0.15, 0.2) is 60.0 Å². The SMILES string of the molecule is CNC1Cc2ccc(OCCNS(=O)(=O)c3cn(C)cn3)cc2C1Cc1cccc(Cl)c1. The van der Waals surface area contributed by atoms with Crippen LogP contribution < -0.4 is 14.8 Å². The lowest BCUT2D eigenvalue weighted by atomic mass is 9.91. The summed E-state index contributed by atoms with van der Waals surface area (Å²) in [6.07, 6.45) is 4.75. The molecule has 0 fully saturated rings. The summed E-state index contributed by atoms with van der Waals surface area (Å²) in [6.45, 7) is 0.375. The van der Waals surface area contributed by atoms with Crippen molar-refractivity contribution in [3.63, 3.8) is 0 Å². The van der Waals surface area contributed by atoms with Crippen molar-refractivity contribution < 1.29 is 13.2 Å². The van der Waals surface area contributed by atoms with E-state index in [0.29, 0.717) is 12.0 Å². The zero-order chi connectivity index (χ0) is 22.7. The fourth-order valence-corrected chi connectivity index (χ4v) is 5.41. The van der Waals surface area contributed by atoms with Gasteiger partial charge in [0, 0.05) is 36.8 Å². The van der Waals surface area contributed by atoms with E-state index in [1.807, 2.05) is 31.3 Å². The first-order valence-electron chi connectivity index (χ1n) is 10.5. The van der Waals surface area contributed by atoms with Crippen molar-refractivity contribution in [2.24, 2.45) is 7.05 Å². The van der Waals surface area contributed by atoms with Gasteiger partial charge in [-0.15, -0.1) is 0 Å². The quantitative estimate of drug-likeness (QED) is 0.466. The van der Waals surface area contributed by atoms with Crippen molar-refractivity contribution in [1.29, 1.82) is 0 Å². The Labute approximate surface area is 193 Å². The number of ether oxygens (including phenoxy) is 1. The Kier molecular flexibility index (Phi) is 6.85. The minimum atomic E-state index is -3.64. The number of hydrogen-bond donors (Lipinski definition) is 2. The van der Waals surface area contributed by atoms with E-state index >= 15 is 0 Å². The number of hydrogen-bond acceptors (Lipinski definition) is 5. The van der Waals surface area contributed by atoms with E-state index in [-0.39, 0.29) is 18.2 Å². The molecular formula is C23H27ClN4O3S. The molecule has 4 rings (SSSR count). The average molecular weight is 475 g/mol. The van der Waals surface area contributed by atoms with Gasteiger partial charge in [-0.3, -0.25) is 0 Å². The van der Waals surface area contributed by atoms with E-state index in [0.717, 1.165) is 23.6 Å². The second-order valence-electron chi connectivity index (χ2n) is 8.02. The van der Waals surface area contributed by atoms with E-state index in [4.69, 9.17) is 16.3 Å². The van der Waals surface area contributed by atoms with Crippen molar-refractivity contribution in [2.75, 3.05) is 20.2 Å². The van der Waals surface area contributed by atoms with E-state index in [1.165, 1.54) is 29.2 Å². The van der Waals surface area contributed by atoms with Crippen LogP contribution in [-0.4, -0.2) is 44.2 Å². The van der Waals surface area contributed by atoms with Gasteiger partial charge >= 0.3 is 0 Å². The van der Waals surface area contributed by atoms with E-state index in [1.54, 1.807) is 11.6 Å². The van der Waals surface area contributed by atoms with Crippen LogP contribution in [0.1, 0.15) is 22.6 Å². The molecule has 0 aliphatic heterocycles. The number of nitrogens with one attached hydrogen (secondary N) is 2. The maximum absolute atomic E-state index is 12.3. The summed E-state index contributed by atoms with van der Waals surface area (Å²) in [5.41, 5.74) is 3.77. The second kappa shape index (κ2) is 9.62. The van der Waals surface area contributed by atoms with Gasteiger partial charge in [0.2, 0.25) is 0 Å². The number of halogens is 1. The van der Waals surface area contributed by atoms with Crippen LogP contribution in [0.5, 0.6) is 5.75 Å². The predicted molar refractivity (Wildman–Crippen MR) is 125 cm³/mol. The van der Waals surface area contributed by atoms with Crippen molar-refractivity contribution in [3.05, 3.63) is 76.7 Å². The van der Waals surface area contributed by atoms with Crippen LogP contribution in [0.25, 0.3) is 0 Å². The molecule has 2 N–H and O–H groups in total. The molecule has 32 heavy (non-hydrogen) atoms. The Bertz CT molecular complexity index is 1200. The number of fused-ring (bicyclic) bond motifs is 1. The standard InChI is InChI=1S/C23H27ClN4O3S/c1-25-22-12-17-6-7-19(13-20(17)21(22)11-16-4-3-5-18(24)10-16)31-9-8-27-32(29,30)23-14-28(2)15-26-23/h3-7,10,13-15,21-22,25,27H,8-9,11-12H2,1-2H3. The molecule has 7 nitrogen and oxygen atoms in total. The van der Waals surface area contributed by atoms with Crippen molar-refractivity contribution in [2.45, 2.75) is 29.8 Å². The molecule has 170 valence electrons. The molecule has 2 atom stereocenters. The number of imidazole rings is 1. The number of sulfonamides is 1. The third-order valence-corrected chi connectivity index (χ3v) is 7.36. The van der Waals surface area contributed by atoms with Crippen LogP contribution in [0.3, 0.4) is 0 Å². The first kappa shape index (κ1) is 22.8. The largest absolute Gasteiger partial charge is 0.492 e. The molecule has 0 saturated carbocycles. The molecule has 3 aromatic rings. The molecule has 1 aliphatic carbocycles. The summed E-state index contributed by atoms with van der Waals surface area (Å²) >= 11 is 6.18. The summed E-state index contributed by atoms with van der Waals surface area (Å²) in [7, 11) is 0.0742. The predicted octanol–water partition coefficient (Wildman–Crippen LogP) is 2.90. The number of rotatable bonds is 9. The Morgan fingerprint density at radius 2 is 2.09 bits per heavy atom. The molecule has 0 bridgehead atoms. The lowest BCUT2D eigenvalue weighted by Gasteiger charge is -2.20. The summed E-state index contributed by atoms with van der Waals surface area (Å²) in [4.78, 5) is 3.88. The highest BCUT2D eigenvalue weighted by Crippen LogP contribution is 2.38. The Morgan fingerprint density at radius 1 is 1.25 bits per heavy atom. The minimum absolute atomic E-state index is 0.000467. The van der Waals surface area contributed by atoms with Gasteiger partial charge in [0.05, 0.1) is 6.33 Å².